The van der Waals surface area contributed by atoms with Crippen LogP contribution in [0.2, 0.25) is 0 Å². The predicted octanol–water partition coefficient (Wildman–Crippen LogP) is 1.42. The molecule has 1 aromatic heterocycles. The number of aromatic nitrogens is 2. The molecular weight excluding hydrogens is 182 g/mol. The summed E-state index contributed by atoms with van der Waals surface area (Å²) in [6, 6.07) is 0.702. The zero-order chi connectivity index (χ0) is 8.84. The van der Waals surface area contributed by atoms with Crippen molar-refractivity contribution in [1.82, 2.24) is 9.78 Å². The molecule has 0 spiro atoms. The van der Waals surface area contributed by atoms with Crippen molar-refractivity contribution in [3.05, 3.63) is 17.0 Å². The molecule has 0 unspecified atom stereocenters. The van der Waals surface area contributed by atoms with Crippen molar-refractivity contribution in [2.24, 2.45) is 5.73 Å². The summed E-state index contributed by atoms with van der Waals surface area (Å²) in [5, 5.41) is 4.59. The topological polar surface area (TPSA) is 43.8 Å². The number of thioether (sulfide) groups is 1. The van der Waals surface area contributed by atoms with Crippen molar-refractivity contribution >= 4 is 11.8 Å². The lowest BCUT2D eigenvalue weighted by atomic mass is 10.2. The van der Waals surface area contributed by atoms with Gasteiger partial charge in [0.15, 0.2) is 0 Å². The van der Waals surface area contributed by atoms with Gasteiger partial charge in [-0.3, -0.25) is 4.68 Å². The molecule has 2 aliphatic rings. The average Bonchev–Trinajstić information content (AvgIpc) is 2.77. The lowest BCUT2D eigenvalue weighted by molar-refractivity contribution is 0.610. The number of nitrogens with two attached hydrogens (primary N) is 1. The number of hydrogen-bond donors (Lipinski definition) is 1. The first-order chi connectivity index (χ1) is 6.40. The molecule has 0 aromatic carbocycles. The van der Waals surface area contributed by atoms with Crippen molar-refractivity contribution in [2.75, 3.05) is 0 Å². The van der Waals surface area contributed by atoms with Gasteiger partial charge < -0.3 is 5.73 Å². The van der Waals surface area contributed by atoms with Crippen LogP contribution >= 0.6 is 11.8 Å². The Morgan fingerprint density at radius 3 is 3.00 bits per heavy atom. The van der Waals surface area contributed by atoms with Crippen LogP contribution in [0, 0.1) is 0 Å². The average molecular weight is 195 g/mol. The molecule has 4 heteroatoms. The maximum absolute atomic E-state index is 5.67. The highest BCUT2D eigenvalue weighted by molar-refractivity contribution is 7.98. The number of rotatable bonds is 2. The van der Waals surface area contributed by atoms with Crippen molar-refractivity contribution in [2.45, 2.75) is 36.9 Å². The summed E-state index contributed by atoms with van der Waals surface area (Å²) < 4.78 is 2.23. The fourth-order valence-electron chi connectivity index (χ4n) is 1.91. The maximum atomic E-state index is 5.67. The molecule has 1 fully saturated rings. The molecule has 1 aliphatic heterocycles. The summed E-state index contributed by atoms with van der Waals surface area (Å²) in [5.41, 5.74) is 9.68. The second-order valence-corrected chi connectivity index (χ2v) is 4.73. The minimum Gasteiger partial charge on any atom is -0.325 e. The second kappa shape index (κ2) is 2.75. The largest absolute Gasteiger partial charge is 0.325 e. The molecule has 0 atom stereocenters. The van der Waals surface area contributed by atoms with Gasteiger partial charge in [-0.25, -0.2) is 0 Å². The predicted molar refractivity (Wildman–Crippen MR) is 53.4 cm³/mol. The van der Waals surface area contributed by atoms with Gasteiger partial charge in [0.25, 0.3) is 0 Å². The Hall–Kier alpha value is -0.480. The van der Waals surface area contributed by atoms with Crippen LogP contribution in [0.5, 0.6) is 0 Å². The van der Waals surface area contributed by atoms with E-state index in [0.29, 0.717) is 12.6 Å². The smallest absolute Gasteiger partial charge is 0.0804 e. The van der Waals surface area contributed by atoms with E-state index < -0.39 is 0 Å². The van der Waals surface area contributed by atoms with Gasteiger partial charge in [-0.2, -0.15) is 16.9 Å². The van der Waals surface area contributed by atoms with E-state index in [9.17, 15) is 0 Å². The van der Waals surface area contributed by atoms with Crippen molar-refractivity contribution in [3.63, 3.8) is 0 Å². The Morgan fingerprint density at radius 1 is 1.46 bits per heavy atom. The van der Waals surface area contributed by atoms with Gasteiger partial charge in [-0.15, -0.1) is 0 Å². The molecule has 1 saturated carbocycles. The van der Waals surface area contributed by atoms with Crippen LogP contribution < -0.4 is 5.73 Å². The van der Waals surface area contributed by atoms with E-state index in [1.165, 1.54) is 24.1 Å². The van der Waals surface area contributed by atoms with E-state index >= 15 is 0 Å². The van der Waals surface area contributed by atoms with Crippen molar-refractivity contribution < 1.29 is 0 Å². The molecule has 0 amide bonds. The van der Waals surface area contributed by atoms with E-state index in [0.717, 1.165) is 17.2 Å². The van der Waals surface area contributed by atoms with Crippen LogP contribution in [-0.4, -0.2) is 9.78 Å². The van der Waals surface area contributed by atoms with E-state index in [1.54, 1.807) is 0 Å². The second-order valence-electron chi connectivity index (χ2n) is 3.74. The first-order valence-corrected chi connectivity index (χ1v) is 5.92. The highest BCUT2D eigenvalue weighted by Gasteiger charge is 2.31. The Labute approximate surface area is 81.7 Å². The van der Waals surface area contributed by atoms with Gasteiger partial charge >= 0.3 is 0 Å². The normalized spacial score (nSPS) is 20.7. The molecule has 0 radical (unpaired) electrons. The zero-order valence-corrected chi connectivity index (χ0v) is 8.31. The molecule has 3 rings (SSSR count). The third-order valence-electron chi connectivity index (χ3n) is 2.77. The van der Waals surface area contributed by atoms with E-state index in [2.05, 4.69) is 9.78 Å². The number of fused-ring (bicyclic) bond motifs is 1. The van der Waals surface area contributed by atoms with Crippen LogP contribution in [0.4, 0.5) is 0 Å². The Morgan fingerprint density at radius 2 is 2.31 bits per heavy atom. The molecule has 13 heavy (non-hydrogen) atoms. The zero-order valence-electron chi connectivity index (χ0n) is 7.49. The van der Waals surface area contributed by atoms with Gasteiger partial charge in [0.05, 0.1) is 17.4 Å². The third kappa shape index (κ3) is 1.12. The number of hydrogen-bond acceptors (Lipinski definition) is 3. The maximum Gasteiger partial charge on any atom is 0.0804 e. The van der Waals surface area contributed by atoms with Gasteiger partial charge in [0, 0.05) is 23.6 Å². The fourth-order valence-corrected chi connectivity index (χ4v) is 3.05. The van der Waals surface area contributed by atoms with Crippen LogP contribution in [0.3, 0.4) is 0 Å². The van der Waals surface area contributed by atoms with Crippen LogP contribution in [0.1, 0.15) is 35.8 Å². The van der Waals surface area contributed by atoms with E-state index in [1.807, 2.05) is 11.8 Å². The molecule has 2 N–H and O–H groups in total. The first kappa shape index (κ1) is 7.88. The highest BCUT2D eigenvalue weighted by atomic mass is 32.2. The highest BCUT2D eigenvalue weighted by Crippen LogP contribution is 2.41. The van der Waals surface area contributed by atoms with Gasteiger partial charge in [0.1, 0.15) is 0 Å². The summed E-state index contributed by atoms with van der Waals surface area (Å²) in [6.45, 7) is 0.600. The van der Waals surface area contributed by atoms with E-state index in [4.69, 9.17) is 5.73 Å². The lowest BCUT2D eigenvalue weighted by Crippen LogP contribution is -2.03. The minimum atomic E-state index is 0.600. The molecule has 1 aliphatic carbocycles. The summed E-state index contributed by atoms with van der Waals surface area (Å²) in [5.74, 6) is 2.26. The monoisotopic (exact) mass is 195 g/mol. The van der Waals surface area contributed by atoms with Crippen LogP contribution in [-0.2, 0) is 18.1 Å². The van der Waals surface area contributed by atoms with Crippen molar-refractivity contribution in [3.8, 4) is 0 Å². The molecule has 0 bridgehead atoms. The molecule has 3 nitrogen and oxygen atoms in total. The lowest BCUT2D eigenvalue weighted by Gasteiger charge is -2.00. The quantitative estimate of drug-likeness (QED) is 0.776. The minimum absolute atomic E-state index is 0.600. The van der Waals surface area contributed by atoms with E-state index in [-0.39, 0.29) is 0 Å². The van der Waals surface area contributed by atoms with Gasteiger partial charge in [-0.05, 0) is 12.8 Å². The Bertz CT molecular complexity index is 341. The van der Waals surface area contributed by atoms with Crippen molar-refractivity contribution in [1.29, 1.82) is 0 Å². The molecule has 1 aromatic rings. The van der Waals surface area contributed by atoms with Crippen LogP contribution in [0.15, 0.2) is 0 Å². The molecule has 70 valence electrons. The molecular formula is C9H13N3S. The Balaban J connectivity index is 2.09. The summed E-state index contributed by atoms with van der Waals surface area (Å²) in [4.78, 5) is 0. The summed E-state index contributed by atoms with van der Waals surface area (Å²) in [6.07, 6.45) is 2.62. The molecule has 0 saturated heterocycles. The first-order valence-electron chi connectivity index (χ1n) is 4.77. The SMILES string of the molecule is NCc1nn(C2CC2)c2c1CSC2. The molecule has 2 heterocycles. The fraction of sp³-hybridized carbons (Fsp3) is 0.667. The standard InChI is InChI=1S/C9H13N3S/c10-3-8-7-4-13-5-9(7)12(11-8)6-1-2-6/h6H,1-5,10H2. The Kier molecular flexibility index (Phi) is 1.67. The van der Waals surface area contributed by atoms with Gasteiger partial charge in [0.2, 0.25) is 0 Å². The third-order valence-corrected chi connectivity index (χ3v) is 3.74. The van der Waals surface area contributed by atoms with Gasteiger partial charge in [-0.1, -0.05) is 0 Å². The summed E-state index contributed by atoms with van der Waals surface area (Å²) in [7, 11) is 0. The van der Waals surface area contributed by atoms with Crippen LogP contribution in [0.25, 0.3) is 0 Å². The number of nitrogens with zero attached hydrogens (tertiary/aromatic N) is 2. The summed E-state index contributed by atoms with van der Waals surface area (Å²) >= 11 is 1.98.